The molecule has 2 heterocycles. The predicted molar refractivity (Wildman–Crippen MR) is 220 cm³/mol. The molecule has 4 aromatic rings. The molecule has 0 spiro atoms. The minimum absolute atomic E-state index is 0.00418. The van der Waals surface area contributed by atoms with Crippen LogP contribution in [-0.2, 0) is 25.3 Å². The number of Topliss-reactive ketones (excluding diaryl/α,β-unsaturated/α-hetero) is 2. The van der Waals surface area contributed by atoms with Crippen LogP contribution in [0.15, 0.2) is 128 Å². The van der Waals surface area contributed by atoms with Crippen LogP contribution < -0.4 is 15.9 Å². The third-order valence-electron chi connectivity index (χ3n) is 10.0. The van der Waals surface area contributed by atoms with Gasteiger partial charge in [-0.05, 0) is 54.5 Å². The third kappa shape index (κ3) is 7.99. The standard InChI is InChI=1S/C44H49N2O6PSi/c1-6-7-23-39(47)43(53(35-17-11-8-12-18-35,36-19-13-9-14-20-36)37-21-15-10-16-22-37)46-38(41(42(46)49)32(2)52-54(3,4)5)30-40(48)34-26-24-33(25-27-34)31-45-28-29-51-44(45)50/h6,8-22,24-27,32,38,41H,1,7,23,28-31H2,2-5H3/t32-,38-,41-/m1/s1. The Morgan fingerprint density at radius 1 is 0.870 bits per heavy atom. The van der Waals surface area contributed by atoms with E-state index in [4.69, 9.17) is 9.16 Å². The zero-order valence-electron chi connectivity index (χ0n) is 31.5. The highest BCUT2D eigenvalue weighted by molar-refractivity contribution is 7.96. The van der Waals surface area contributed by atoms with E-state index in [1.54, 1.807) is 28.0 Å². The lowest BCUT2D eigenvalue weighted by atomic mass is 9.79. The molecule has 0 saturated carbocycles. The summed E-state index contributed by atoms with van der Waals surface area (Å²) in [5.41, 5.74) is 1.81. The molecular weight excluding hydrogens is 712 g/mol. The second-order valence-electron chi connectivity index (χ2n) is 14.8. The maximum Gasteiger partial charge on any atom is 0.410 e. The highest BCUT2D eigenvalue weighted by atomic mass is 31.2. The molecule has 0 aromatic heterocycles. The van der Waals surface area contributed by atoms with Crippen molar-refractivity contribution in [2.24, 2.45) is 5.92 Å². The summed E-state index contributed by atoms with van der Waals surface area (Å²) in [6.45, 7) is 10.3. The van der Waals surface area contributed by atoms with Gasteiger partial charge in [0.1, 0.15) is 6.61 Å². The van der Waals surface area contributed by atoms with Crippen molar-refractivity contribution >= 4 is 60.1 Å². The molecular formula is C44H49N2O6PSi. The second-order valence-corrected chi connectivity index (χ2v) is 22.6. The van der Waals surface area contributed by atoms with Gasteiger partial charge in [-0.25, -0.2) is 4.79 Å². The van der Waals surface area contributed by atoms with Gasteiger partial charge in [0, 0.05) is 31.8 Å². The van der Waals surface area contributed by atoms with Crippen molar-refractivity contribution in [2.75, 3.05) is 13.2 Å². The Morgan fingerprint density at radius 3 is 1.87 bits per heavy atom. The number of hydrogen-bond acceptors (Lipinski definition) is 6. The van der Waals surface area contributed by atoms with E-state index in [-0.39, 0.29) is 36.4 Å². The van der Waals surface area contributed by atoms with Gasteiger partial charge in [0.05, 0.1) is 30.0 Å². The first-order valence-corrected chi connectivity index (χ1v) is 23.8. The summed E-state index contributed by atoms with van der Waals surface area (Å²) in [5.74, 6) is -1.13. The first-order valence-electron chi connectivity index (χ1n) is 18.6. The van der Waals surface area contributed by atoms with E-state index in [1.807, 2.05) is 73.7 Å². The monoisotopic (exact) mass is 760 g/mol. The lowest BCUT2D eigenvalue weighted by molar-refractivity contribution is -0.154. The number of ether oxygens (including phenoxy) is 1. The third-order valence-corrected chi connectivity index (χ3v) is 15.4. The van der Waals surface area contributed by atoms with Gasteiger partial charge in [0.2, 0.25) is 5.91 Å². The summed E-state index contributed by atoms with van der Waals surface area (Å²) in [4.78, 5) is 59.7. The van der Waals surface area contributed by atoms with E-state index in [0.717, 1.165) is 21.5 Å². The van der Waals surface area contributed by atoms with Crippen molar-refractivity contribution in [1.29, 1.82) is 0 Å². The van der Waals surface area contributed by atoms with Crippen LogP contribution in [0.3, 0.4) is 0 Å². The van der Waals surface area contributed by atoms with Gasteiger partial charge in [-0.1, -0.05) is 121 Å². The van der Waals surface area contributed by atoms with Crippen LogP contribution in [0.1, 0.15) is 42.1 Å². The zero-order valence-corrected chi connectivity index (χ0v) is 33.4. The molecule has 0 bridgehead atoms. The smallest absolute Gasteiger partial charge is 0.410 e. The number of amides is 2. The Morgan fingerprint density at radius 2 is 1.41 bits per heavy atom. The van der Waals surface area contributed by atoms with Crippen molar-refractivity contribution in [1.82, 2.24) is 9.80 Å². The van der Waals surface area contributed by atoms with Gasteiger partial charge in [-0.15, -0.1) is 6.58 Å². The number of benzene rings is 4. The van der Waals surface area contributed by atoms with Gasteiger partial charge < -0.3 is 19.0 Å². The van der Waals surface area contributed by atoms with E-state index in [9.17, 15) is 14.4 Å². The minimum Gasteiger partial charge on any atom is -0.448 e. The number of hydrogen-bond donors (Lipinski definition) is 0. The average molecular weight is 761 g/mol. The van der Waals surface area contributed by atoms with E-state index >= 15 is 4.79 Å². The van der Waals surface area contributed by atoms with E-state index in [1.165, 1.54) is 0 Å². The fourth-order valence-corrected chi connectivity index (χ4v) is 13.5. The van der Waals surface area contributed by atoms with Crippen molar-refractivity contribution in [3.8, 4) is 0 Å². The van der Waals surface area contributed by atoms with Crippen molar-refractivity contribution in [3.05, 3.63) is 139 Å². The number of β-lactam (4-membered cyclic amide) rings is 1. The molecule has 3 atom stereocenters. The molecule has 2 fully saturated rings. The second kappa shape index (κ2) is 16.7. The van der Waals surface area contributed by atoms with E-state index in [0.29, 0.717) is 37.1 Å². The first kappa shape index (κ1) is 38.9. The van der Waals surface area contributed by atoms with Crippen LogP contribution in [0.4, 0.5) is 4.79 Å². The molecule has 2 amide bonds. The molecule has 0 aliphatic carbocycles. The number of likely N-dealkylation sites (tertiary alicyclic amines) is 1. The molecule has 0 unspecified atom stereocenters. The molecule has 2 saturated heterocycles. The molecule has 6 rings (SSSR count). The summed E-state index contributed by atoms with van der Waals surface area (Å²) >= 11 is 0. The Balaban J connectivity index is 1.54. The number of allylic oxidation sites excluding steroid dienone is 1. The Bertz CT molecular complexity index is 1940. The van der Waals surface area contributed by atoms with Gasteiger partial charge in [0.25, 0.3) is 0 Å². The predicted octanol–water partition coefficient (Wildman–Crippen LogP) is 6.94. The van der Waals surface area contributed by atoms with E-state index < -0.39 is 33.3 Å². The lowest BCUT2D eigenvalue weighted by Crippen LogP contribution is -2.69. The molecule has 10 heteroatoms. The number of cyclic esters (lactones) is 1. The summed E-state index contributed by atoms with van der Waals surface area (Å²) < 4.78 is 11.6. The molecule has 54 heavy (non-hydrogen) atoms. The number of rotatable bonds is 16. The van der Waals surface area contributed by atoms with Crippen LogP contribution in [-0.4, -0.2) is 72.4 Å². The Labute approximate surface area is 319 Å². The fraction of sp³-hybridized carbons (Fsp3) is 0.295. The van der Waals surface area contributed by atoms with Gasteiger partial charge in [-0.2, -0.15) is 0 Å². The Hall–Kier alpha value is -4.82. The summed E-state index contributed by atoms with van der Waals surface area (Å²) in [6.07, 6.45) is 1.51. The van der Waals surface area contributed by atoms with Crippen molar-refractivity contribution < 1.29 is 28.3 Å². The van der Waals surface area contributed by atoms with Crippen LogP contribution >= 0.6 is 6.89 Å². The van der Waals surface area contributed by atoms with Gasteiger partial charge >= 0.3 is 6.09 Å². The largest absolute Gasteiger partial charge is 0.448 e. The zero-order chi connectivity index (χ0) is 38.5. The number of carbonyl (C=O) groups excluding carboxylic acids is 4. The van der Waals surface area contributed by atoms with Crippen molar-refractivity contribution in [3.63, 3.8) is 0 Å². The average Bonchev–Trinajstić information content (AvgIpc) is 3.57. The SMILES string of the molecule is C=CCCC(=O)C(N1C(=O)[C@H]([C@@H](C)O[Si](C)(C)C)[C@H]1CC(=O)c1ccc(CN2CCOC2=O)cc1)=P(c1ccccc1)(c1ccccc1)c1ccccc1. The van der Waals surface area contributed by atoms with Crippen LogP contribution in [0.25, 0.3) is 0 Å². The van der Waals surface area contributed by atoms with Crippen LogP contribution in [0.5, 0.6) is 0 Å². The first-order chi connectivity index (χ1) is 26.0. The molecule has 8 nitrogen and oxygen atoms in total. The quantitative estimate of drug-likeness (QED) is 0.0404. The van der Waals surface area contributed by atoms with Gasteiger partial charge in [0.15, 0.2) is 19.9 Å². The fourth-order valence-electron chi connectivity index (χ4n) is 7.68. The number of carbonyl (C=O) groups is 4. The number of ketones is 2. The lowest BCUT2D eigenvalue weighted by Gasteiger charge is -2.52. The molecule has 0 radical (unpaired) electrons. The Kier molecular flexibility index (Phi) is 12.0. The summed E-state index contributed by atoms with van der Waals surface area (Å²) in [6, 6.07) is 36.7. The topological polar surface area (TPSA) is 93.2 Å². The highest BCUT2D eigenvalue weighted by Crippen LogP contribution is 2.50. The van der Waals surface area contributed by atoms with Gasteiger partial charge in [-0.3, -0.25) is 14.4 Å². The maximum atomic E-state index is 15.1. The highest BCUT2D eigenvalue weighted by Gasteiger charge is 2.56. The van der Waals surface area contributed by atoms with E-state index in [2.05, 4.69) is 62.6 Å². The van der Waals surface area contributed by atoms with Crippen LogP contribution in [0.2, 0.25) is 19.6 Å². The molecule has 280 valence electrons. The number of nitrogens with zero attached hydrogens (tertiary/aromatic N) is 2. The molecule has 4 aromatic carbocycles. The summed E-state index contributed by atoms with van der Waals surface area (Å²) in [7, 11) is -2.11. The molecule has 0 N–H and O–H groups in total. The molecule has 2 aliphatic rings. The summed E-state index contributed by atoms with van der Waals surface area (Å²) in [5, 5.41) is 2.82. The minimum atomic E-state index is -3.04. The molecule has 2 aliphatic heterocycles. The maximum absolute atomic E-state index is 15.1. The van der Waals surface area contributed by atoms with Crippen LogP contribution in [0, 0.1) is 5.92 Å². The van der Waals surface area contributed by atoms with Crippen molar-refractivity contribution in [2.45, 2.75) is 64.5 Å². The normalized spacial score (nSPS) is 17.8.